The lowest BCUT2D eigenvalue weighted by atomic mass is 9.49. The first kappa shape index (κ1) is 34.0. The number of rotatable bonds is 7. The summed E-state index contributed by atoms with van der Waals surface area (Å²) >= 11 is 0. The average Bonchev–Trinajstić information content (AvgIpc) is 3.23. The van der Waals surface area contributed by atoms with Gasteiger partial charge in [-0.1, -0.05) is 18.2 Å². The van der Waals surface area contributed by atoms with Crippen molar-refractivity contribution in [2.24, 2.45) is 16.7 Å². The Labute approximate surface area is 266 Å². The van der Waals surface area contributed by atoms with Gasteiger partial charge in [0.05, 0.1) is 46.7 Å². The molecular weight excluding hydrogens is 604 g/mol. The topological polar surface area (TPSA) is 195 Å². The van der Waals surface area contributed by atoms with Gasteiger partial charge in [0.1, 0.15) is 31.0 Å². The Balaban J connectivity index is 1.89. The number of fused-ring (bicyclic) bond motifs is 4. The second kappa shape index (κ2) is 11.7. The van der Waals surface area contributed by atoms with Crippen molar-refractivity contribution in [3.8, 4) is 0 Å². The zero-order chi connectivity index (χ0) is 34.0. The van der Waals surface area contributed by atoms with Crippen molar-refractivity contribution in [1.82, 2.24) is 0 Å². The van der Waals surface area contributed by atoms with Gasteiger partial charge in [-0.3, -0.25) is 14.4 Å². The highest BCUT2D eigenvalue weighted by molar-refractivity contribution is 5.89. The number of hydrogen-bond donors (Lipinski definition) is 4. The molecule has 46 heavy (non-hydrogen) atoms. The monoisotopic (exact) mass is 646 g/mol. The van der Waals surface area contributed by atoms with Crippen LogP contribution in [0.1, 0.15) is 64.7 Å². The van der Waals surface area contributed by atoms with Crippen LogP contribution < -0.4 is 0 Å². The highest BCUT2D eigenvalue weighted by atomic mass is 16.6. The molecule has 4 aliphatic rings. The van der Waals surface area contributed by atoms with Gasteiger partial charge in [0.25, 0.3) is 0 Å². The molecule has 0 bridgehead atoms. The molecule has 252 valence electrons. The molecule has 1 aliphatic heterocycles. The fourth-order valence-corrected chi connectivity index (χ4v) is 8.62. The van der Waals surface area contributed by atoms with Crippen molar-refractivity contribution in [3.05, 3.63) is 47.0 Å². The normalized spacial score (nSPS) is 38.3. The summed E-state index contributed by atoms with van der Waals surface area (Å²) < 4.78 is 29.4. The van der Waals surface area contributed by atoms with E-state index in [1.54, 1.807) is 25.1 Å². The third-order valence-electron chi connectivity index (χ3n) is 10.6. The largest absolute Gasteiger partial charge is 0.465 e. The highest BCUT2D eigenvalue weighted by Gasteiger charge is 2.80. The summed E-state index contributed by atoms with van der Waals surface area (Å²) in [4.78, 5) is 51.3. The third-order valence-corrected chi connectivity index (χ3v) is 10.6. The summed E-state index contributed by atoms with van der Waals surface area (Å²) in [5.74, 6) is -4.46. The lowest BCUT2D eigenvalue weighted by molar-refractivity contribution is -0.358. The molecular formula is C33H42O13. The zero-order valence-electron chi connectivity index (χ0n) is 26.7. The number of aliphatic hydroxyl groups is 4. The standard InChI is InChI=1S/C33H42O13/c1-16-21(44-18(3)35)13-32(30(5,6)41)24(16)25(38)27(39)31(14-42-17(2)34)22(37)12-23-33(15-43-23,46-19(4)36)26(31)28(32)45-29(40)20-10-8-7-9-11-20/h7-11,21-23,25-28,37-39,41H,12-15H2,1-6H3. The van der Waals surface area contributed by atoms with Crippen molar-refractivity contribution < 1.29 is 63.3 Å². The molecule has 0 radical (unpaired) electrons. The Hall–Kier alpha value is -3.36. The Morgan fingerprint density at radius 3 is 2.15 bits per heavy atom. The van der Waals surface area contributed by atoms with E-state index in [4.69, 9.17) is 23.7 Å². The highest BCUT2D eigenvalue weighted by Crippen LogP contribution is 2.68. The van der Waals surface area contributed by atoms with Crippen LogP contribution >= 0.6 is 0 Å². The SMILES string of the molecule is CC(=O)OCC12C(O)CC3OCC3(OC(C)=O)C1C(OC(=O)c1ccccc1)C1(C(C)(C)O)CC(OC(C)=O)C(C)=C1C(O)C2O. The van der Waals surface area contributed by atoms with Gasteiger partial charge in [0.15, 0.2) is 5.60 Å². The van der Waals surface area contributed by atoms with E-state index in [1.165, 1.54) is 39.8 Å². The minimum Gasteiger partial charge on any atom is -0.465 e. The van der Waals surface area contributed by atoms with Crippen molar-refractivity contribution in [2.75, 3.05) is 13.2 Å². The minimum absolute atomic E-state index is 0.0307. The third kappa shape index (κ3) is 4.94. The predicted octanol–water partition coefficient (Wildman–Crippen LogP) is 0.988. The molecule has 0 spiro atoms. The number of carbonyl (C=O) groups excluding carboxylic acids is 4. The summed E-state index contributed by atoms with van der Waals surface area (Å²) in [5.41, 5.74) is -6.98. The van der Waals surface area contributed by atoms with Gasteiger partial charge in [-0.05, 0) is 44.1 Å². The summed E-state index contributed by atoms with van der Waals surface area (Å²) in [7, 11) is 0. The van der Waals surface area contributed by atoms with Crippen LogP contribution in [0.2, 0.25) is 0 Å². The van der Waals surface area contributed by atoms with Crippen molar-refractivity contribution in [1.29, 1.82) is 0 Å². The molecule has 0 aromatic heterocycles. The molecule has 3 aliphatic carbocycles. The summed E-state index contributed by atoms with van der Waals surface area (Å²) in [6.07, 6.45) is -9.36. The molecule has 1 aromatic carbocycles. The van der Waals surface area contributed by atoms with Crippen molar-refractivity contribution in [3.63, 3.8) is 0 Å². The fraction of sp³-hybridized carbons (Fsp3) is 0.636. The van der Waals surface area contributed by atoms with E-state index in [0.717, 1.165) is 6.92 Å². The maximum atomic E-state index is 14.0. The van der Waals surface area contributed by atoms with Gasteiger partial charge in [-0.15, -0.1) is 0 Å². The van der Waals surface area contributed by atoms with Crippen molar-refractivity contribution >= 4 is 23.9 Å². The fourth-order valence-electron chi connectivity index (χ4n) is 8.62. The van der Waals surface area contributed by atoms with E-state index in [-0.39, 0.29) is 30.6 Å². The molecule has 2 saturated carbocycles. The van der Waals surface area contributed by atoms with Gasteiger partial charge >= 0.3 is 23.9 Å². The van der Waals surface area contributed by atoms with E-state index >= 15 is 0 Å². The van der Waals surface area contributed by atoms with Crippen molar-refractivity contribution in [2.45, 2.75) is 102 Å². The number of benzene rings is 1. The molecule has 10 atom stereocenters. The zero-order valence-corrected chi connectivity index (χ0v) is 26.7. The number of carbonyl (C=O) groups is 4. The Morgan fingerprint density at radius 2 is 1.63 bits per heavy atom. The molecule has 4 N–H and O–H groups in total. The molecule has 10 unspecified atom stereocenters. The lowest BCUT2D eigenvalue weighted by Gasteiger charge is -2.65. The quantitative estimate of drug-likeness (QED) is 0.186. The van der Waals surface area contributed by atoms with Crippen LogP contribution in [-0.4, -0.2) is 105 Å². The average molecular weight is 647 g/mol. The van der Waals surface area contributed by atoms with Crippen LogP contribution in [0.4, 0.5) is 0 Å². The maximum absolute atomic E-state index is 14.0. The molecule has 1 heterocycles. The molecule has 1 aromatic rings. The van der Waals surface area contributed by atoms with Gasteiger partial charge in [0, 0.05) is 33.6 Å². The first-order valence-electron chi connectivity index (χ1n) is 15.3. The number of esters is 4. The van der Waals surface area contributed by atoms with Crippen LogP contribution in [0.3, 0.4) is 0 Å². The van der Waals surface area contributed by atoms with Gasteiger partial charge in [-0.2, -0.15) is 0 Å². The van der Waals surface area contributed by atoms with Crippen LogP contribution in [0.15, 0.2) is 41.5 Å². The van der Waals surface area contributed by atoms with E-state index in [1.807, 2.05) is 0 Å². The van der Waals surface area contributed by atoms with E-state index in [0.29, 0.717) is 5.57 Å². The second-order valence-corrected chi connectivity index (χ2v) is 13.5. The summed E-state index contributed by atoms with van der Waals surface area (Å²) in [5, 5.41) is 48.6. The molecule has 1 saturated heterocycles. The second-order valence-electron chi connectivity index (χ2n) is 13.5. The van der Waals surface area contributed by atoms with Crippen LogP contribution in [0, 0.1) is 16.7 Å². The summed E-state index contributed by atoms with van der Waals surface area (Å²) in [6.45, 7) is 7.01. The minimum atomic E-state index is -2.03. The van der Waals surface area contributed by atoms with Crippen LogP contribution in [0.25, 0.3) is 0 Å². The lowest BCUT2D eigenvalue weighted by Crippen LogP contribution is -2.80. The smallest absolute Gasteiger partial charge is 0.338 e. The van der Waals surface area contributed by atoms with Crippen LogP contribution in [-0.2, 0) is 38.1 Å². The number of hydrogen-bond acceptors (Lipinski definition) is 13. The molecule has 0 amide bonds. The predicted molar refractivity (Wildman–Crippen MR) is 157 cm³/mol. The first-order valence-corrected chi connectivity index (χ1v) is 15.3. The number of aliphatic hydroxyl groups excluding tert-OH is 3. The van der Waals surface area contributed by atoms with Gasteiger partial charge < -0.3 is 44.1 Å². The molecule has 13 heteroatoms. The van der Waals surface area contributed by atoms with E-state index in [2.05, 4.69) is 0 Å². The number of ether oxygens (including phenoxy) is 5. The van der Waals surface area contributed by atoms with E-state index in [9.17, 15) is 39.6 Å². The molecule has 3 fully saturated rings. The van der Waals surface area contributed by atoms with E-state index < -0.39 is 95.1 Å². The molecule has 13 nitrogen and oxygen atoms in total. The first-order chi connectivity index (χ1) is 21.4. The Morgan fingerprint density at radius 1 is 0.978 bits per heavy atom. The Kier molecular flexibility index (Phi) is 8.65. The van der Waals surface area contributed by atoms with Gasteiger partial charge in [-0.25, -0.2) is 4.79 Å². The van der Waals surface area contributed by atoms with Crippen LogP contribution in [0.5, 0.6) is 0 Å². The Bertz CT molecular complexity index is 1430. The maximum Gasteiger partial charge on any atom is 0.338 e. The summed E-state index contributed by atoms with van der Waals surface area (Å²) in [6, 6.07) is 7.96. The van der Waals surface area contributed by atoms with Gasteiger partial charge in [0.2, 0.25) is 0 Å². The molecule has 5 rings (SSSR count).